The third-order valence-corrected chi connectivity index (χ3v) is 9.85. The van der Waals surface area contributed by atoms with Crippen molar-refractivity contribution >= 4 is 27.5 Å². The number of hydrogen-bond donors (Lipinski definition) is 1. The molecule has 4 aromatic rings. The minimum Gasteiger partial charge on any atom is -0.489 e. The average Bonchev–Trinajstić information content (AvgIpc) is 3.09. The molecule has 0 bridgehead atoms. The van der Waals surface area contributed by atoms with Gasteiger partial charge in [-0.15, -0.1) is 0 Å². The van der Waals surface area contributed by atoms with Gasteiger partial charge in [-0.25, -0.2) is 8.42 Å². The van der Waals surface area contributed by atoms with E-state index in [0.29, 0.717) is 24.5 Å². The second-order valence-corrected chi connectivity index (χ2v) is 14.5. The Morgan fingerprint density at radius 1 is 0.812 bits per heavy atom. The smallest absolute Gasteiger partial charge is 0.244 e. The van der Waals surface area contributed by atoms with Gasteiger partial charge in [-0.1, -0.05) is 110 Å². The molecular weight excluding hydrogens is 623 g/mol. The maximum Gasteiger partial charge on any atom is 0.244 e. The number of amides is 2. The van der Waals surface area contributed by atoms with Gasteiger partial charge in [0.2, 0.25) is 21.8 Å². The van der Waals surface area contributed by atoms with Crippen molar-refractivity contribution in [2.24, 2.45) is 0 Å². The van der Waals surface area contributed by atoms with Crippen molar-refractivity contribution < 1.29 is 22.7 Å². The van der Waals surface area contributed by atoms with Gasteiger partial charge in [-0.3, -0.25) is 13.9 Å². The fraction of sp³-hybridized carbons (Fsp3) is 0.333. The summed E-state index contributed by atoms with van der Waals surface area (Å²) in [6, 6.07) is 33.1. The van der Waals surface area contributed by atoms with Crippen molar-refractivity contribution in [1.82, 2.24) is 10.2 Å². The first kappa shape index (κ1) is 34.7. The zero-order valence-electron chi connectivity index (χ0n) is 27.8. The van der Waals surface area contributed by atoms with Crippen LogP contribution in [0.4, 0.5) is 5.69 Å². The molecule has 0 saturated heterocycles. The number of aryl methyl sites for hydroxylation is 1. The number of sulfonamides is 1. The summed E-state index contributed by atoms with van der Waals surface area (Å²) in [5, 5.41) is 3.24. The van der Waals surface area contributed by atoms with E-state index in [0.717, 1.165) is 64.9 Å². The quantitative estimate of drug-likeness (QED) is 0.167. The van der Waals surface area contributed by atoms with E-state index >= 15 is 0 Å². The number of anilines is 1. The van der Waals surface area contributed by atoms with Gasteiger partial charge in [0.1, 0.15) is 24.9 Å². The first-order valence-electron chi connectivity index (χ1n) is 16.6. The molecule has 48 heavy (non-hydrogen) atoms. The molecule has 1 saturated carbocycles. The summed E-state index contributed by atoms with van der Waals surface area (Å²) in [5.41, 5.74) is 4.14. The van der Waals surface area contributed by atoms with Gasteiger partial charge in [0.05, 0.1) is 11.9 Å². The van der Waals surface area contributed by atoms with Gasteiger partial charge in [-0.2, -0.15) is 0 Å². The van der Waals surface area contributed by atoms with E-state index in [4.69, 9.17) is 4.74 Å². The Balaban J connectivity index is 1.43. The summed E-state index contributed by atoms with van der Waals surface area (Å²) in [6.07, 6.45) is 6.45. The first-order valence-corrected chi connectivity index (χ1v) is 18.4. The van der Waals surface area contributed by atoms with Crippen LogP contribution < -0.4 is 14.4 Å². The molecule has 0 aromatic heterocycles. The molecule has 5 rings (SSSR count). The maximum atomic E-state index is 14.4. The van der Waals surface area contributed by atoms with Crippen LogP contribution in [-0.2, 0) is 39.2 Å². The lowest BCUT2D eigenvalue weighted by Crippen LogP contribution is -2.55. The molecule has 1 aliphatic carbocycles. The highest BCUT2D eigenvalue weighted by molar-refractivity contribution is 7.92. The SMILES string of the molecule is Cc1cccc(CN(C(=O)CN(c2ccc(OCc3ccccc3)cc2)S(C)(=O)=O)[C@@H](Cc2ccccc2)C(=O)NC2CCCCC2)c1. The highest BCUT2D eigenvalue weighted by Gasteiger charge is 2.34. The molecule has 2 amide bonds. The van der Waals surface area contributed by atoms with E-state index in [1.165, 1.54) is 0 Å². The topological polar surface area (TPSA) is 96.0 Å². The number of nitrogens with one attached hydrogen (secondary N) is 1. The third kappa shape index (κ3) is 9.94. The summed E-state index contributed by atoms with van der Waals surface area (Å²) in [5.74, 6) is -0.116. The second-order valence-electron chi connectivity index (χ2n) is 12.6. The summed E-state index contributed by atoms with van der Waals surface area (Å²) >= 11 is 0. The van der Waals surface area contributed by atoms with Crippen LogP contribution in [0, 0.1) is 6.92 Å². The molecule has 0 aliphatic heterocycles. The van der Waals surface area contributed by atoms with E-state index in [9.17, 15) is 18.0 Å². The van der Waals surface area contributed by atoms with E-state index < -0.39 is 28.5 Å². The van der Waals surface area contributed by atoms with Crippen molar-refractivity contribution in [2.45, 2.75) is 70.7 Å². The Bertz CT molecular complexity index is 1740. The molecule has 252 valence electrons. The number of hydrogen-bond acceptors (Lipinski definition) is 5. The Morgan fingerprint density at radius 2 is 1.44 bits per heavy atom. The minimum absolute atomic E-state index is 0.0515. The van der Waals surface area contributed by atoms with Crippen LogP contribution in [0.15, 0.2) is 109 Å². The molecule has 1 fully saturated rings. The minimum atomic E-state index is -3.88. The predicted molar refractivity (Wildman–Crippen MR) is 190 cm³/mol. The number of nitrogens with zero attached hydrogens (tertiary/aromatic N) is 2. The van der Waals surface area contributed by atoms with Crippen LogP contribution >= 0.6 is 0 Å². The number of benzene rings is 4. The van der Waals surface area contributed by atoms with Gasteiger partial charge in [-0.05, 0) is 60.7 Å². The molecule has 0 radical (unpaired) electrons. The molecular formula is C39H45N3O5S. The van der Waals surface area contributed by atoms with Gasteiger partial charge in [0.15, 0.2) is 0 Å². The van der Waals surface area contributed by atoms with E-state index in [2.05, 4.69) is 5.32 Å². The maximum absolute atomic E-state index is 14.4. The molecule has 4 aromatic carbocycles. The zero-order valence-corrected chi connectivity index (χ0v) is 28.6. The molecule has 1 atom stereocenters. The Morgan fingerprint density at radius 3 is 2.06 bits per heavy atom. The molecule has 9 heteroatoms. The van der Waals surface area contributed by atoms with Crippen LogP contribution in [0.2, 0.25) is 0 Å². The number of carbonyl (C=O) groups excluding carboxylic acids is 2. The van der Waals surface area contributed by atoms with E-state index in [-0.39, 0.29) is 18.5 Å². The van der Waals surface area contributed by atoms with E-state index in [1.807, 2.05) is 91.9 Å². The Kier molecular flexibility index (Phi) is 11.9. The Labute approximate surface area is 284 Å². The molecule has 0 heterocycles. The van der Waals surface area contributed by atoms with Gasteiger partial charge >= 0.3 is 0 Å². The van der Waals surface area contributed by atoms with Crippen molar-refractivity contribution in [2.75, 3.05) is 17.1 Å². The summed E-state index contributed by atoms with van der Waals surface area (Å²) in [6.45, 7) is 2.04. The van der Waals surface area contributed by atoms with Crippen molar-refractivity contribution in [3.63, 3.8) is 0 Å². The summed E-state index contributed by atoms with van der Waals surface area (Å²) in [4.78, 5) is 30.1. The lowest BCUT2D eigenvalue weighted by molar-refractivity contribution is -0.140. The van der Waals surface area contributed by atoms with Gasteiger partial charge in [0, 0.05) is 19.0 Å². The van der Waals surface area contributed by atoms with Crippen molar-refractivity contribution in [1.29, 1.82) is 0 Å². The van der Waals surface area contributed by atoms with Crippen LogP contribution in [0.5, 0.6) is 5.75 Å². The third-order valence-electron chi connectivity index (χ3n) is 8.71. The largest absolute Gasteiger partial charge is 0.489 e. The van der Waals surface area contributed by atoms with E-state index in [1.54, 1.807) is 29.2 Å². The molecule has 0 unspecified atom stereocenters. The Hall–Kier alpha value is -4.63. The van der Waals surface area contributed by atoms with Crippen LogP contribution in [0.3, 0.4) is 0 Å². The number of carbonyl (C=O) groups is 2. The summed E-state index contributed by atoms with van der Waals surface area (Å²) in [7, 11) is -3.88. The monoisotopic (exact) mass is 667 g/mol. The molecule has 8 nitrogen and oxygen atoms in total. The number of rotatable bonds is 14. The fourth-order valence-corrected chi connectivity index (χ4v) is 7.02. The summed E-state index contributed by atoms with van der Waals surface area (Å²) < 4.78 is 33.4. The average molecular weight is 668 g/mol. The highest BCUT2D eigenvalue weighted by atomic mass is 32.2. The zero-order chi connectivity index (χ0) is 33.9. The van der Waals surface area contributed by atoms with Gasteiger partial charge in [0.25, 0.3) is 0 Å². The predicted octanol–water partition coefficient (Wildman–Crippen LogP) is 6.43. The normalized spacial score (nSPS) is 14.1. The van der Waals surface area contributed by atoms with Gasteiger partial charge < -0.3 is 15.0 Å². The van der Waals surface area contributed by atoms with Crippen molar-refractivity contribution in [3.8, 4) is 5.75 Å². The van der Waals surface area contributed by atoms with Crippen LogP contribution in [0.25, 0.3) is 0 Å². The molecule has 1 aliphatic rings. The second kappa shape index (κ2) is 16.5. The fourth-order valence-electron chi connectivity index (χ4n) is 6.17. The van der Waals surface area contributed by atoms with Crippen LogP contribution in [0.1, 0.15) is 54.4 Å². The van der Waals surface area contributed by atoms with Crippen LogP contribution in [-0.4, -0.2) is 50.0 Å². The number of ether oxygens (including phenoxy) is 1. The van der Waals surface area contributed by atoms with Crippen molar-refractivity contribution in [3.05, 3.63) is 131 Å². The molecule has 1 N–H and O–H groups in total. The lowest BCUT2D eigenvalue weighted by Gasteiger charge is -2.35. The highest BCUT2D eigenvalue weighted by Crippen LogP contribution is 2.25. The standard InChI is InChI=1S/C39H45N3O5S/c1-30-13-12-18-33(25-30)27-41(37(26-31-14-6-3-7-15-31)39(44)40-34-19-10-5-11-20-34)38(43)28-42(48(2,45)46)35-21-23-36(24-22-35)47-29-32-16-8-4-9-17-32/h3-4,6-9,12-18,21-25,34,37H,5,10-11,19-20,26-29H2,1-2H3,(H,40,44)/t37-/m0/s1. The first-order chi connectivity index (χ1) is 23.2. The lowest BCUT2D eigenvalue weighted by atomic mass is 9.94. The molecule has 0 spiro atoms.